The standard InChI is InChI=1S/C16H9Br2ClF4N2O4/c1-28-15-24-11(16(21,22)23)6-13(26)25(15)10-4-7(8(19)5-9(10)20)14(27)29-3-2-12(17)18/h2,4-6H,3H2,1H3. The van der Waals surface area contributed by atoms with Gasteiger partial charge in [0.1, 0.15) is 12.4 Å². The van der Waals surface area contributed by atoms with Crippen molar-refractivity contribution in [2.75, 3.05) is 13.7 Å². The fourth-order valence-electron chi connectivity index (χ4n) is 2.09. The number of methoxy groups -OCH3 is 1. The van der Waals surface area contributed by atoms with Crippen molar-refractivity contribution in [3.05, 3.63) is 60.1 Å². The monoisotopic (exact) mass is 562 g/mol. The summed E-state index contributed by atoms with van der Waals surface area (Å²) in [4.78, 5) is 27.6. The van der Waals surface area contributed by atoms with Crippen molar-refractivity contribution in [1.29, 1.82) is 0 Å². The topological polar surface area (TPSA) is 70.4 Å². The Morgan fingerprint density at radius 3 is 2.52 bits per heavy atom. The lowest BCUT2D eigenvalue weighted by Crippen LogP contribution is -2.25. The molecule has 0 radical (unpaired) electrons. The summed E-state index contributed by atoms with van der Waals surface area (Å²) in [6.07, 6.45) is -3.47. The Labute approximate surface area is 182 Å². The van der Waals surface area contributed by atoms with Crippen LogP contribution < -0.4 is 10.3 Å². The van der Waals surface area contributed by atoms with E-state index in [-0.39, 0.29) is 23.3 Å². The molecule has 0 N–H and O–H groups in total. The summed E-state index contributed by atoms with van der Waals surface area (Å²) < 4.78 is 63.6. The minimum Gasteiger partial charge on any atom is -0.468 e. The quantitative estimate of drug-likeness (QED) is 0.384. The number of ether oxygens (including phenoxy) is 2. The molecule has 0 amide bonds. The Hall–Kier alpha value is -1.92. The van der Waals surface area contributed by atoms with Crippen LogP contribution in [0.5, 0.6) is 6.01 Å². The van der Waals surface area contributed by atoms with Gasteiger partial charge in [0, 0.05) is 6.07 Å². The maximum atomic E-state index is 14.4. The van der Waals surface area contributed by atoms with Gasteiger partial charge >= 0.3 is 18.2 Å². The second kappa shape index (κ2) is 9.26. The summed E-state index contributed by atoms with van der Waals surface area (Å²) in [7, 11) is 0.950. The summed E-state index contributed by atoms with van der Waals surface area (Å²) in [6.45, 7) is -0.168. The largest absolute Gasteiger partial charge is 0.468 e. The van der Waals surface area contributed by atoms with Gasteiger partial charge in [0.15, 0.2) is 5.69 Å². The van der Waals surface area contributed by atoms with Crippen LogP contribution >= 0.6 is 43.5 Å². The van der Waals surface area contributed by atoms with Crippen molar-refractivity contribution >= 4 is 49.4 Å². The zero-order valence-electron chi connectivity index (χ0n) is 14.2. The highest BCUT2D eigenvalue weighted by Gasteiger charge is 2.35. The van der Waals surface area contributed by atoms with E-state index in [1.807, 2.05) is 0 Å². The van der Waals surface area contributed by atoms with E-state index >= 15 is 0 Å². The van der Waals surface area contributed by atoms with Crippen molar-refractivity contribution in [1.82, 2.24) is 9.55 Å². The fourth-order valence-corrected chi connectivity index (χ4v) is 2.58. The van der Waals surface area contributed by atoms with Gasteiger partial charge in [0.2, 0.25) is 0 Å². The Balaban J connectivity index is 2.60. The van der Waals surface area contributed by atoms with Crippen LogP contribution in [-0.2, 0) is 10.9 Å². The SMILES string of the molecule is COc1nc(C(F)(F)F)cc(=O)n1-c1cc(C(=O)OCC=C(Br)Br)c(Cl)cc1F. The van der Waals surface area contributed by atoms with Crippen LogP contribution in [0.4, 0.5) is 17.6 Å². The van der Waals surface area contributed by atoms with Gasteiger partial charge in [-0.1, -0.05) is 11.6 Å². The number of carbonyl (C=O) groups excluding carboxylic acids is 1. The van der Waals surface area contributed by atoms with Crippen molar-refractivity contribution in [2.45, 2.75) is 6.18 Å². The van der Waals surface area contributed by atoms with Crippen LogP contribution in [0.3, 0.4) is 0 Å². The average Bonchev–Trinajstić information content (AvgIpc) is 2.60. The van der Waals surface area contributed by atoms with Crippen molar-refractivity contribution in [3.8, 4) is 11.7 Å². The molecule has 0 saturated heterocycles. The highest BCUT2D eigenvalue weighted by molar-refractivity contribution is 9.28. The van der Waals surface area contributed by atoms with E-state index in [2.05, 4.69) is 36.8 Å². The highest BCUT2D eigenvalue weighted by Crippen LogP contribution is 2.30. The number of aromatic nitrogens is 2. The van der Waals surface area contributed by atoms with E-state index in [0.717, 1.165) is 13.2 Å². The predicted molar refractivity (Wildman–Crippen MR) is 103 cm³/mol. The number of rotatable bonds is 5. The van der Waals surface area contributed by atoms with Crippen LogP contribution in [0.2, 0.25) is 5.02 Å². The van der Waals surface area contributed by atoms with Gasteiger partial charge in [-0.15, -0.1) is 0 Å². The van der Waals surface area contributed by atoms with Crippen LogP contribution in [0.15, 0.2) is 32.5 Å². The van der Waals surface area contributed by atoms with Crippen LogP contribution in [0.1, 0.15) is 16.1 Å². The molecule has 156 valence electrons. The lowest BCUT2D eigenvalue weighted by molar-refractivity contribution is -0.141. The minimum atomic E-state index is -4.92. The summed E-state index contributed by atoms with van der Waals surface area (Å²) in [5, 5.41) is -0.329. The second-order valence-corrected chi connectivity index (χ2v) is 8.36. The molecule has 29 heavy (non-hydrogen) atoms. The molecule has 2 rings (SSSR count). The third-order valence-corrected chi connectivity index (χ3v) is 4.27. The number of hydrogen-bond acceptors (Lipinski definition) is 5. The van der Waals surface area contributed by atoms with Crippen molar-refractivity contribution in [3.63, 3.8) is 0 Å². The molecule has 0 aliphatic carbocycles. The lowest BCUT2D eigenvalue weighted by atomic mass is 10.2. The molecule has 0 saturated carbocycles. The molecule has 0 spiro atoms. The molecule has 2 aromatic rings. The zero-order chi connectivity index (χ0) is 21.9. The molecule has 0 aliphatic rings. The number of benzene rings is 1. The number of halogens is 7. The molecule has 1 heterocycles. The molecule has 1 aromatic carbocycles. The first-order chi connectivity index (χ1) is 13.5. The summed E-state index contributed by atoms with van der Waals surface area (Å²) in [5.74, 6) is -2.06. The normalized spacial score (nSPS) is 11.2. The molecule has 0 unspecified atom stereocenters. The molecule has 13 heteroatoms. The van der Waals surface area contributed by atoms with E-state index in [0.29, 0.717) is 14.0 Å². The first kappa shape index (κ1) is 23.4. The van der Waals surface area contributed by atoms with Crippen molar-refractivity contribution < 1.29 is 31.8 Å². The Morgan fingerprint density at radius 2 is 1.97 bits per heavy atom. The molecular weight excluding hydrogens is 555 g/mol. The van der Waals surface area contributed by atoms with E-state index in [1.54, 1.807) is 0 Å². The molecular formula is C16H9Br2ClF4N2O4. The lowest BCUT2D eigenvalue weighted by Gasteiger charge is -2.15. The summed E-state index contributed by atoms with van der Waals surface area (Å²) in [6, 6.07) is 0.905. The van der Waals surface area contributed by atoms with Crippen LogP contribution in [0, 0.1) is 5.82 Å². The molecule has 0 aliphatic heterocycles. The highest BCUT2D eigenvalue weighted by atomic mass is 79.9. The van der Waals surface area contributed by atoms with Gasteiger partial charge < -0.3 is 9.47 Å². The van der Waals surface area contributed by atoms with Crippen LogP contribution in [-0.4, -0.2) is 29.2 Å². The Bertz CT molecular complexity index is 1040. The van der Waals surface area contributed by atoms with Gasteiger partial charge in [-0.05, 0) is 50.1 Å². The molecule has 0 atom stereocenters. The number of carbonyl (C=O) groups is 1. The van der Waals surface area contributed by atoms with Gasteiger partial charge in [-0.25, -0.2) is 13.8 Å². The maximum absolute atomic E-state index is 14.4. The number of hydrogen-bond donors (Lipinski definition) is 0. The maximum Gasteiger partial charge on any atom is 0.433 e. The second-order valence-electron chi connectivity index (χ2n) is 5.18. The number of nitrogens with zero attached hydrogens (tertiary/aromatic N) is 2. The van der Waals surface area contributed by atoms with E-state index in [4.69, 9.17) is 21.1 Å². The molecule has 1 aromatic heterocycles. The van der Waals surface area contributed by atoms with Gasteiger partial charge in [0.25, 0.3) is 5.56 Å². The average molecular weight is 565 g/mol. The van der Waals surface area contributed by atoms with Gasteiger partial charge in [0.05, 0.1) is 26.8 Å². The van der Waals surface area contributed by atoms with E-state index in [9.17, 15) is 27.2 Å². The molecule has 6 nitrogen and oxygen atoms in total. The summed E-state index contributed by atoms with van der Waals surface area (Å²) >= 11 is 12.0. The van der Waals surface area contributed by atoms with Crippen LogP contribution in [0.25, 0.3) is 5.69 Å². The van der Waals surface area contributed by atoms with E-state index < -0.39 is 40.9 Å². The third-order valence-electron chi connectivity index (χ3n) is 3.31. The van der Waals surface area contributed by atoms with Gasteiger partial charge in [-0.3, -0.25) is 4.79 Å². The van der Waals surface area contributed by atoms with E-state index in [1.165, 1.54) is 6.08 Å². The first-order valence-corrected chi connectivity index (χ1v) is 9.35. The van der Waals surface area contributed by atoms with Gasteiger partial charge in [-0.2, -0.15) is 18.2 Å². The molecule has 0 bridgehead atoms. The fraction of sp³-hybridized carbons (Fsp3) is 0.188. The number of esters is 1. The zero-order valence-corrected chi connectivity index (χ0v) is 18.1. The summed E-state index contributed by atoms with van der Waals surface area (Å²) in [5.41, 5.74) is -3.72. The minimum absolute atomic E-state index is 0.168. The number of alkyl halides is 3. The predicted octanol–water partition coefficient (Wildman–Crippen LogP) is 4.84. The third kappa shape index (κ3) is 5.58. The first-order valence-electron chi connectivity index (χ1n) is 7.38. The Kier molecular flexibility index (Phi) is 7.46. The van der Waals surface area contributed by atoms with Crippen molar-refractivity contribution in [2.24, 2.45) is 0 Å². The smallest absolute Gasteiger partial charge is 0.433 e. The Morgan fingerprint density at radius 1 is 1.31 bits per heavy atom. The molecule has 0 fully saturated rings.